The summed E-state index contributed by atoms with van der Waals surface area (Å²) in [5.41, 5.74) is 2.54. The summed E-state index contributed by atoms with van der Waals surface area (Å²) in [6.07, 6.45) is 3.16. The molecule has 1 aromatic heterocycles. The van der Waals surface area contributed by atoms with Gasteiger partial charge in [0.25, 0.3) is 0 Å². The van der Waals surface area contributed by atoms with Gasteiger partial charge in [0.15, 0.2) is 5.96 Å². The summed E-state index contributed by atoms with van der Waals surface area (Å²) in [6, 6.07) is 14.3. The molecule has 2 aromatic rings. The van der Waals surface area contributed by atoms with Crippen LogP contribution in [0.5, 0.6) is 0 Å². The predicted molar refractivity (Wildman–Crippen MR) is 139 cm³/mol. The minimum absolute atomic E-state index is 0. The molecule has 172 valence electrons. The average molecular weight is 548 g/mol. The summed E-state index contributed by atoms with van der Waals surface area (Å²) < 4.78 is 0. The van der Waals surface area contributed by atoms with Crippen LogP contribution in [0.3, 0.4) is 0 Å². The largest absolute Gasteiger partial charge is 0.357 e. The summed E-state index contributed by atoms with van der Waals surface area (Å²) in [4.78, 5) is 28.4. The number of pyridine rings is 1. The van der Waals surface area contributed by atoms with Crippen molar-refractivity contribution < 1.29 is 4.79 Å². The number of amides is 1. The molecule has 3 heterocycles. The van der Waals surface area contributed by atoms with Gasteiger partial charge in [0.1, 0.15) is 5.82 Å². The Kier molecular flexibility index (Phi) is 9.13. The highest BCUT2D eigenvalue weighted by Gasteiger charge is 2.23. The van der Waals surface area contributed by atoms with Gasteiger partial charge in [0, 0.05) is 65.0 Å². The lowest BCUT2D eigenvalue weighted by atomic mass is 10.1. The summed E-state index contributed by atoms with van der Waals surface area (Å²) in [5, 5.41) is 3.41. The highest BCUT2D eigenvalue weighted by atomic mass is 127. The molecular formula is C24H33IN6O. The van der Waals surface area contributed by atoms with Gasteiger partial charge in [-0.2, -0.15) is 0 Å². The Morgan fingerprint density at radius 2 is 1.69 bits per heavy atom. The SMILES string of the molecule is CCNC(=NCCCC(=O)N1Cc2ccccc2C1)N1CCN(c2ccccn2)CC1.I. The normalized spacial score (nSPS) is 15.9. The molecule has 0 saturated carbocycles. The van der Waals surface area contributed by atoms with E-state index < -0.39 is 0 Å². The number of anilines is 1. The van der Waals surface area contributed by atoms with Crippen LogP contribution in [0.15, 0.2) is 53.7 Å². The molecule has 0 radical (unpaired) electrons. The van der Waals surface area contributed by atoms with Crippen LogP contribution in [-0.4, -0.2) is 65.9 Å². The van der Waals surface area contributed by atoms with E-state index in [0.29, 0.717) is 13.0 Å². The van der Waals surface area contributed by atoms with E-state index in [1.807, 2.05) is 35.4 Å². The topological polar surface area (TPSA) is 64.1 Å². The van der Waals surface area contributed by atoms with Crippen molar-refractivity contribution >= 4 is 41.7 Å². The first kappa shape index (κ1) is 24.3. The van der Waals surface area contributed by atoms with Crippen LogP contribution in [0.4, 0.5) is 5.82 Å². The van der Waals surface area contributed by atoms with Gasteiger partial charge in [-0.1, -0.05) is 30.3 Å². The highest BCUT2D eigenvalue weighted by Crippen LogP contribution is 2.23. The maximum atomic E-state index is 12.6. The van der Waals surface area contributed by atoms with Crippen molar-refractivity contribution in [3.05, 3.63) is 59.8 Å². The van der Waals surface area contributed by atoms with E-state index in [4.69, 9.17) is 4.99 Å². The fourth-order valence-electron chi connectivity index (χ4n) is 4.20. The molecule has 0 aliphatic carbocycles. The van der Waals surface area contributed by atoms with Gasteiger partial charge >= 0.3 is 0 Å². The molecule has 1 saturated heterocycles. The quantitative estimate of drug-likeness (QED) is 0.260. The summed E-state index contributed by atoms with van der Waals surface area (Å²) in [5.74, 6) is 2.20. The number of aromatic nitrogens is 1. The van der Waals surface area contributed by atoms with E-state index in [-0.39, 0.29) is 29.9 Å². The smallest absolute Gasteiger partial charge is 0.223 e. The van der Waals surface area contributed by atoms with Gasteiger partial charge < -0.3 is 20.0 Å². The van der Waals surface area contributed by atoms with Crippen LogP contribution in [-0.2, 0) is 17.9 Å². The van der Waals surface area contributed by atoms with Crippen LogP contribution >= 0.6 is 24.0 Å². The van der Waals surface area contributed by atoms with Crippen molar-refractivity contribution in [2.75, 3.05) is 44.2 Å². The van der Waals surface area contributed by atoms with Gasteiger partial charge in [0.2, 0.25) is 5.91 Å². The Labute approximate surface area is 207 Å². The fourth-order valence-corrected chi connectivity index (χ4v) is 4.20. The van der Waals surface area contributed by atoms with Crippen LogP contribution in [0.2, 0.25) is 0 Å². The summed E-state index contributed by atoms with van der Waals surface area (Å²) in [6.45, 7) is 8.74. The average Bonchev–Trinajstić information content (AvgIpc) is 3.26. The van der Waals surface area contributed by atoms with Crippen molar-refractivity contribution in [3.8, 4) is 0 Å². The van der Waals surface area contributed by atoms with E-state index in [2.05, 4.69) is 45.2 Å². The molecule has 0 atom stereocenters. The van der Waals surface area contributed by atoms with Crippen LogP contribution in [0, 0.1) is 0 Å². The zero-order chi connectivity index (χ0) is 21.5. The van der Waals surface area contributed by atoms with E-state index in [0.717, 1.165) is 64.0 Å². The molecule has 32 heavy (non-hydrogen) atoms. The number of halogens is 1. The van der Waals surface area contributed by atoms with E-state index in [9.17, 15) is 4.79 Å². The van der Waals surface area contributed by atoms with E-state index in [1.165, 1.54) is 11.1 Å². The molecule has 2 aliphatic heterocycles. The van der Waals surface area contributed by atoms with Crippen molar-refractivity contribution in [2.45, 2.75) is 32.9 Å². The number of carbonyl (C=O) groups excluding carboxylic acids is 1. The summed E-state index contributed by atoms with van der Waals surface area (Å²) >= 11 is 0. The Bertz CT molecular complexity index is 873. The third kappa shape index (κ3) is 6.11. The number of fused-ring (bicyclic) bond motifs is 1. The molecule has 0 spiro atoms. The first-order valence-corrected chi connectivity index (χ1v) is 11.3. The van der Waals surface area contributed by atoms with Crippen molar-refractivity contribution in [2.24, 2.45) is 4.99 Å². The number of piperazine rings is 1. The van der Waals surface area contributed by atoms with Crippen molar-refractivity contribution in [1.29, 1.82) is 0 Å². The minimum atomic E-state index is 0. The molecule has 1 N–H and O–H groups in total. The van der Waals surface area contributed by atoms with E-state index in [1.54, 1.807) is 0 Å². The van der Waals surface area contributed by atoms with Crippen LogP contribution in [0.1, 0.15) is 30.9 Å². The fraction of sp³-hybridized carbons (Fsp3) is 0.458. The predicted octanol–water partition coefficient (Wildman–Crippen LogP) is 3.11. The molecule has 2 aliphatic rings. The number of guanidine groups is 1. The molecule has 0 bridgehead atoms. The molecule has 7 nitrogen and oxygen atoms in total. The molecule has 1 aromatic carbocycles. The Morgan fingerprint density at radius 1 is 1.00 bits per heavy atom. The first-order valence-electron chi connectivity index (χ1n) is 11.3. The third-order valence-corrected chi connectivity index (χ3v) is 5.89. The molecular weight excluding hydrogens is 515 g/mol. The Hall–Kier alpha value is -2.36. The summed E-state index contributed by atoms with van der Waals surface area (Å²) in [7, 11) is 0. The lowest BCUT2D eigenvalue weighted by molar-refractivity contribution is -0.131. The number of benzene rings is 1. The van der Waals surface area contributed by atoms with Crippen LogP contribution in [0.25, 0.3) is 0 Å². The van der Waals surface area contributed by atoms with Crippen LogP contribution < -0.4 is 10.2 Å². The number of hydrogen-bond donors (Lipinski definition) is 1. The first-order chi connectivity index (χ1) is 15.2. The van der Waals surface area contributed by atoms with Gasteiger partial charge in [-0.3, -0.25) is 9.79 Å². The second kappa shape index (κ2) is 12.0. The number of rotatable bonds is 6. The number of aliphatic imine (C=N–C) groups is 1. The molecule has 8 heteroatoms. The lowest BCUT2D eigenvalue weighted by Gasteiger charge is -2.37. The molecule has 0 unspecified atom stereocenters. The van der Waals surface area contributed by atoms with Crippen molar-refractivity contribution in [3.63, 3.8) is 0 Å². The number of hydrogen-bond acceptors (Lipinski definition) is 4. The number of nitrogens with zero attached hydrogens (tertiary/aromatic N) is 5. The standard InChI is InChI=1S/C24H32N6O.HI/c1-2-25-24(29-16-14-28(15-17-29)22-10-5-6-12-26-22)27-13-7-11-23(31)30-18-20-8-3-4-9-21(20)19-30;/h3-6,8-10,12H,2,7,11,13-19H2,1H3,(H,25,27);1H. The minimum Gasteiger partial charge on any atom is -0.357 e. The Morgan fingerprint density at radius 3 is 2.31 bits per heavy atom. The maximum Gasteiger partial charge on any atom is 0.223 e. The van der Waals surface area contributed by atoms with Gasteiger partial charge in [-0.25, -0.2) is 4.98 Å². The Balaban J connectivity index is 0.00000289. The van der Waals surface area contributed by atoms with Gasteiger partial charge in [-0.05, 0) is 36.6 Å². The zero-order valence-corrected chi connectivity index (χ0v) is 21.1. The van der Waals surface area contributed by atoms with E-state index >= 15 is 0 Å². The highest BCUT2D eigenvalue weighted by molar-refractivity contribution is 14.0. The van der Waals surface area contributed by atoms with Gasteiger partial charge in [0.05, 0.1) is 0 Å². The maximum absolute atomic E-state index is 12.6. The molecule has 1 amide bonds. The lowest BCUT2D eigenvalue weighted by Crippen LogP contribution is -2.52. The molecule has 4 rings (SSSR count). The number of nitrogens with one attached hydrogen (secondary N) is 1. The van der Waals surface area contributed by atoms with Crippen molar-refractivity contribution in [1.82, 2.24) is 20.1 Å². The van der Waals surface area contributed by atoms with Gasteiger partial charge in [-0.15, -0.1) is 24.0 Å². The number of carbonyl (C=O) groups is 1. The third-order valence-electron chi connectivity index (χ3n) is 5.89. The second-order valence-corrected chi connectivity index (χ2v) is 8.02. The zero-order valence-electron chi connectivity index (χ0n) is 18.7. The second-order valence-electron chi connectivity index (χ2n) is 8.02. The monoisotopic (exact) mass is 548 g/mol. The molecule has 1 fully saturated rings.